The molecule has 0 radical (unpaired) electrons. The van der Waals surface area contributed by atoms with Gasteiger partial charge in [0.05, 0.1) is 6.10 Å². The highest BCUT2D eigenvalue weighted by molar-refractivity contribution is 14.1. The Hall–Kier alpha value is -0.680. The van der Waals surface area contributed by atoms with Crippen LogP contribution >= 0.6 is 22.6 Å². The van der Waals surface area contributed by atoms with Crippen molar-refractivity contribution in [1.29, 1.82) is 0 Å². The molecule has 1 aromatic rings. The maximum Gasteiger partial charge on any atom is 0.165 e. The lowest BCUT2D eigenvalue weighted by Gasteiger charge is -2.49. The molecule has 0 amide bonds. The van der Waals surface area contributed by atoms with E-state index < -0.39 is 0 Å². The van der Waals surface area contributed by atoms with Crippen LogP contribution in [0.15, 0.2) is 29.8 Å². The van der Waals surface area contributed by atoms with Crippen LogP contribution in [0.1, 0.15) is 45.1 Å². The molecule has 2 aliphatic carbocycles. The van der Waals surface area contributed by atoms with Crippen LogP contribution in [0, 0.1) is 20.8 Å². The van der Waals surface area contributed by atoms with Crippen molar-refractivity contribution in [1.82, 2.24) is 0 Å². The summed E-state index contributed by atoms with van der Waals surface area (Å²) in [5.41, 5.74) is 1.79. The lowest BCUT2D eigenvalue weighted by atomic mass is 9.55. The van der Waals surface area contributed by atoms with Gasteiger partial charge in [-0.1, -0.05) is 26.0 Å². The predicted octanol–water partition coefficient (Wildman–Crippen LogP) is 4.45. The van der Waals surface area contributed by atoms with Crippen molar-refractivity contribution in [3.63, 3.8) is 0 Å². The standard InChI is InChI=1S/C19H23IO2/c1-12-16-7-6-14(10-13-4-3-5-15(20)11-13)18(22)19(16,2)9-8-17(12)21/h3-5,10-12,16-17,21H,6-9H2,1-2H3/b14-10+/t12-,16?,17?,19-/m0/s1. The number of carbonyl (C=O) groups excluding carboxylic acids is 1. The Morgan fingerprint density at radius 2 is 2.14 bits per heavy atom. The van der Waals surface area contributed by atoms with Crippen molar-refractivity contribution in [2.75, 3.05) is 0 Å². The van der Waals surface area contributed by atoms with Crippen molar-refractivity contribution in [2.45, 2.75) is 45.6 Å². The van der Waals surface area contributed by atoms with E-state index in [9.17, 15) is 9.90 Å². The highest BCUT2D eigenvalue weighted by atomic mass is 127. The molecular weight excluding hydrogens is 387 g/mol. The van der Waals surface area contributed by atoms with Gasteiger partial charge in [-0.3, -0.25) is 4.79 Å². The van der Waals surface area contributed by atoms with Crippen molar-refractivity contribution < 1.29 is 9.90 Å². The van der Waals surface area contributed by atoms with Crippen LogP contribution in [0.3, 0.4) is 0 Å². The van der Waals surface area contributed by atoms with Gasteiger partial charge in [0.15, 0.2) is 5.78 Å². The monoisotopic (exact) mass is 410 g/mol. The van der Waals surface area contributed by atoms with Crippen LogP contribution in [0.5, 0.6) is 0 Å². The van der Waals surface area contributed by atoms with Crippen LogP contribution in [0.2, 0.25) is 0 Å². The SMILES string of the molecule is C[C@@H]1C(O)CC[C@]2(C)C(=O)/C(=C/c3cccc(I)c3)CCC12. The fourth-order valence-corrected chi connectivity index (χ4v) is 4.90. The second-order valence-corrected chi connectivity index (χ2v) is 8.33. The number of fused-ring (bicyclic) bond motifs is 1. The lowest BCUT2D eigenvalue weighted by Crippen LogP contribution is -2.50. The van der Waals surface area contributed by atoms with Crippen molar-refractivity contribution in [3.05, 3.63) is 39.0 Å². The summed E-state index contributed by atoms with van der Waals surface area (Å²) >= 11 is 2.30. The highest BCUT2D eigenvalue weighted by Gasteiger charge is 2.51. The number of benzene rings is 1. The molecule has 0 heterocycles. The molecule has 22 heavy (non-hydrogen) atoms. The van der Waals surface area contributed by atoms with Gasteiger partial charge in [-0.2, -0.15) is 0 Å². The number of aliphatic hydroxyl groups is 1. The summed E-state index contributed by atoms with van der Waals surface area (Å²) in [6.45, 7) is 4.22. The summed E-state index contributed by atoms with van der Waals surface area (Å²) < 4.78 is 1.19. The Balaban J connectivity index is 1.90. The number of hydrogen-bond acceptors (Lipinski definition) is 2. The van der Waals surface area contributed by atoms with E-state index in [1.54, 1.807) is 0 Å². The van der Waals surface area contributed by atoms with E-state index in [-0.39, 0.29) is 17.4 Å². The van der Waals surface area contributed by atoms with E-state index in [0.29, 0.717) is 11.7 Å². The van der Waals surface area contributed by atoms with Crippen molar-refractivity contribution in [2.24, 2.45) is 17.3 Å². The topological polar surface area (TPSA) is 37.3 Å². The van der Waals surface area contributed by atoms with Gasteiger partial charge in [0, 0.05) is 8.99 Å². The second kappa shape index (κ2) is 6.08. The third kappa shape index (κ3) is 2.78. The van der Waals surface area contributed by atoms with E-state index >= 15 is 0 Å². The molecule has 2 unspecified atom stereocenters. The summed E-state index contributed by atoms with van der Waals surface area (Å²) in [6, 6.07) is 8.27. The van der Waals surface area contributed by atoms with Crippen LogP contribution in [0.25, 0.3) is 6.08 Å². The van der Waals surface area contributed by atoms with Crippen LogP contribution in [-0.4, -0.2) is 17.0 Å². The third-order valence-electron chi connectivity index (χ3n) is 5.74. The van der Waals surface area contributed by atoms with Gasteiger partial charge in [-0.15, -0.1) is 0 Å². The number of ketones is 1. The predicted molar refractivity (Wildman–Crippen MR) is 97.4 cm³/mol. The number of aliphatic hydroxyl groups excluding tert-OH is 1. The Kier molecular flexibility index (Phi) is 4.47. The molecule has 0 bridgehead atoms. The van der Waals surface area contributed by atoms with E-state index in [2.05, 4.69) is 60.7 Å². The summed E-state index contributed by atoms with van der Waals surface area (Å²) in [6.07, 6.45) is 5.23. The van der Waals surface area contributed by atoms with Crippen LogP contribution in [0.4, 0.5) is 0 Å². The number of carbonyl (C=O) groups is 1. The van der Waals surface area contributed by atoms with Crippen molar-refractivity contribution >= 4 is 34.5 Å². The lowest BCUT2D eigenvalue weighted by molar-refractivity contribution is -0.137. The van der Waals surface area contributed by atoms with E-state index in [1.807, 2.05) is 6.07 Å². The molecule has 1 N–H and O–H groups in total. The molecule has 3 rings (SSSR count). The number of halogens is 1. The van der Waals surface area contributed by atoms with Gasteiger partial charge in [-0.05, 0) is 89.5 Å². The quantitative estimate of drug-likeness (QED) is 0.549. The molecule has 2 nitrogen and oxygen atoms in total. The molecular formula is C19H23IO2. The third-order valence-corrected chi connectivity index (χ3v) is 6.42. The first-order valence-electron chi connectivity index (χ1n) is 8.11. The fraction of sp³-hybridized carbons (Fsp3) is 0.526. The van der Waals surface area contributed by atoms with Gasteiger partial charge >= 0.3 is 0 Å². The molecule has 2 saturated carbocycles. The maximum absolute atomic E-state index is 13.1. The largest absolute Gasteiger partial charge is 0.393 e. The summed E-state index contributed by atoms with van der Waals surface area (Å²) in [5, 5.41) is 10.1. The molecule has 4 atom stereocenters. The number of Topliss-reactive ketones (excluding diaryl/α,β-unsaturated/α-hetero) is 1. The smallest absolute Gasteiger partial charge is 0.165 e. The second-order valence-electron chi connectivity index (χ2n) is 7.08. The minimum Gasteiger partial charge on any atom is -0.393 e. The zero-order valence-electron chi connectivity index (χ0n) is 13.2. The minimum atomic E-state index is -0.287. The van der Waals surface area contributed by atoms with Crippen molar-refractivity contribution in [3.8, 4) is 0 Å². The Morgan fingerprint density at radius 1 is 1.36 bits per heavy atom. The normalized spacial score (nSPS) is 37.2. The Bertz CT molecular complexity index is 622. The van der Waals surface area contributed by atoms with E-state index in [1.165, 1.54) is 3.57 Å². The van der Waals surface area contributed by atoms with E-state index in [0.717, 1.165) is 36.8 Å². The average Bonchev–Trinajstić information content (AvgIpc) is 2.48. The summed E-state index contributed by atoms with van der Waals surface area (Å²) in [4.78, 5) is 13.1. The van der Waals surface area contributed by atoms with Gasteiger partial charge in [-0.25, -0.2) is 0 Å². The zero-order valence-corrected chi connectivity index (χ0v) is 15.3. The fourth-order valence-electron chi connectivity index (χ4n) is 4.33. The maximum atomic E-state index is 13.1. The highest BCUT2D eigenvalue weighted by Crippen LogP contribution is 2.52. The molecule has 0 spiro atoms. The zero-order chi connectivity index (χ0) is 15.9. The van der Waals surface area contributed by atoms with Gasteiger partial charge in [0.1, 0.15) is 0 Å². The number of hydrogen-bond donors (Lipinski definition) is 1. The minimum absolute atomic E-state index is 0.224. The first-order chi connectivity index (χ1) is 10.4. The van der Waals surface area contributed by atoms with E-state index in [4.69, 9.17) is 0 Å². The van der Waals surface area contributed by atoms with Crippen LogP contribution < -0.4 is 0 Å². The molecule has 2 fully saturated rings. The number of rotatable bonds is 1. The molecule has 0 saturated heterocycles. The van der Waals surface area contributed by atoms with Gasteiger partial charge in [0.25, 0.3) is 0 Å². The number of allylic oxidation sites excluding steroid dienone is 1. The first kappa shape index (κ1) is 16.2. The Morgan fingerprint density at radius 3 is 2.86 bits per heavy atom. The molecule has 118 valence electrons. The first-order valence-corrected chi connectivity index (χ1v) is 9.19. The average molecular weight is 410 g/mol. The summed E-state index contributed by atoms with van der Waals surface area (Å²) in [7, 11) is 0. The van der Waals surface area contributed by atoms with Gasteiger partial charge < -0.3 is 5.11 Å². The molecule has 2 aliphatic rings. The van der Waals surface area contributed by atoms with Crippen LogP contribution in [-0.2, 0) is 4.79 Å². The Labute approximate surface area is 146 Å². The molecule has 0 aliphatic heterocycles. The molecule has 1 aromatic carbocycles. The molecule has 3 heteroatoms. The van der Waals surface area contributed by atoms with Gasteiger partial charge in [0.2, 0.25) is 0 Å². The molecule has 0 aromatic heterocycles. The summed E-state index contributed by atoms with van der Waals surface area (Å²) in [5.74, 6) is 0.847.